The number of allylic oxidation sites excluding steroid dienone is 6. The first-order valence-electron chi connectivity index (χ1n) is 5.30. The molecule has 0 radical (unpaired) electrons. The number of esters is 1. The molecular formula is C13H18O3. The van der Waals surface area contributed by atoms with Gasteiger partial charge < -0.3 is 4.74 Å². The molecule has 0 rings (SSSR count). The second-order valence-electron chi connectivity index (χ2n) is 3.12. The Hall–Kier alpha value is -1.64. The third-order valence-corrected chi connectivity index (χ3v) is 1.86. The van der Waals surface area contributed by atoms with Crippen molar-refractivity contribution in [3.8, 4) is 0 Å². The van der Waals surface area contributed by atoms with E-state index < -0.39 is 0 Å². The Kier molecular flexibility index (Phi) is 10.3. The van der Waals surface area contributed by atoms with Crippen LogP contribution < -0.4 is 0 Å². The van der Waals surface area contributed by atoms with Crippen molar-refractivity contribution in [1.29, 1.82) is 0 Å². The van der Waals surface area contributed by atoms with Gasteiger partial charge in [-0.25, -0.2) is 0 Å². The van der Waals surface area contributed by atoms with Crippen LogP contribution in [-0.2, 0) is 14.3 Å². The molecule has 0 N–H and O–H groups in total. The molecule has 0 fully saturated rings. The normalized spacial score (nSPS) is 11.6. The van der Waals surface area contributed by atoms with E-state index in [1.807, 2.05) is 24.3 Å². The van der Waals surface area contributed by atoms with Crippen molar-refractivity contribution in [3.63, 3.8) is 0 Å². The third kappa shape index (κ3) is 10.4. The van der Waals surface area contributed by atoms with Gasteiger partial charge in [0.1, 0.15) is 6.29 Å². The number of aldehydes is 1. The zero-order valence-electron chi connectivity index (χ0n) is 9.59. The average molecular weight is 222 g/mol. The van der Waals surface area contributed by atoms with Gasteiger partial charge >= 0.3 is 5.97 Å². The number of carbonyl (C=O) groups excluding carboxylic acids is 2. The van der Waals surface area contributed by atoms with Crippen molar-refractivity contribution in [2.45, 2.75) is 25.7 Å². The Morgan fingerprint density at radius 3 is 2.62 bits per heavy atom. The fraction of sp³-hybridized carbons (Fsp3) is 0.385. The van der Waals surface area contributed by atoms with E-state index in [2.05, 4.69) is 4.74 Å². The molecule has 0 spiro atoms. The first kappa shape index (κ1) is 14.4. The fourth-order valence-electron chi connectivity index (χ4n) is 1.03. The van der Waals surface area contributed by atoms with Crippen molar-refractivity contribution < 1.29 is 14.3 Å². The lowest BCUT2D eigenvalue weighted by Crippen LogP contribution is -1.98. The summed E-state index contributed by atoms with van der Waals surface area (Å²) in [4.78, 5) is 20.7. The van der Waals surface area contributed by atoms with Gasteiger partial charge in [0.05, 0.1) is 7.11 Å². The van der Waals surface area contributed by atoms with Crippen LogP contribution in [0.1, 0.15) is 25.7 Å². The van der Waals surface area contributed by atoms with Crippen molar-refractivity contribution in [1.82, 2.24) is 0 Å². The summed E-state index contributed by atoms with van der Waals surface area (Å²) in [6, 6.07) is 0. The number of hydrogen-bond donors (Lipinski definition) is 0. The summed E-state index contributed by atoms with van der Waals surface area (Å²) in [5, 5.41) is 0. The second kappa shape index (κ2) is 11.4. The quantitative estimate of drug-likeness (QED) is 0.158. The Bertz CT molecular complexity index is 275. The first-order valence-corrected chi connectivity index (χ1v) is 5.30. The van der Waals surface area contributed by atoms with Crippen LogP contribution in [0.5, 0.6) is 0 Å². The Labute approximate surface area is 96.5 Å². The maximum absolute atomic E-state index is 10.8. The number of carbonyl (C=O) groups is 2. The van der Waals surface area contributed by atoms with E-state index >= 15 is 0 Å². The van der Waals surface area contributed by atoms with Gasteiger partial charge in [-0.1, -0.05) is 30.4 Å². The van der Waals surface area contributed by atoms with E-state index in [1.165, 1.54) is 13.2 Å². The summed E-state index contributed by atoms with van der Waals surface area (Å²) in [5.74, 6) is -0.160. The maximum atomic E-state index is 10.8. The van der Waals surface area contributed by atoms with Gasteiger partial charge in [-0.15, -0.1) is 0 Å². The highest BCUT2D eigenvalue weighted by Crippen LogP contribution is 1.99. The number of methoxy groups -OCH3 is 1. The summed E-state index contributed by atoms with van der Waals surface area (Å²) in [7, 11) is 1.40. The predicted octanol–water partition coefficient (Wildman–Crippen LogP) is 2.59. The number of rotatable bonds is 8. The molecule has 0 unspecified atom stereocenters. The Morgan fingerprint density at radius 2 is 1.94 bits per heavy atom. The zero-order valence-corrected chi connectivity index (χ0v) is 9.59. The Balaban J connectivity index is 3.41. The summed E-state index contributed by atoms with van der Waals surface area (Å²) < 4.78 is 4.52. The van der Waals surface area contributed by atoms with E-state index in [0.717, 1.165) is 25.5 Å². The molecule has 0 aromatic rings. The van der Waals surface area contributed by atoms with E-state index in [9.17, 15) is 9.59 Å². The van der Waals surface area contributed by atoms with E-state index in [1.54, 1.807) is 6.08 Å². The predicted molar refractivity (Wildman–Crippen MR) is 64.0 cm³/mol. The topological polar surface area (TPSA) is 43.4 Å². The molecule has 3 heteroatoms. The lowest BCUT2D eigenvalue weighted by atomic mass is 10.2. The molecule has 16 heavy (non-hydrogen) atoms. The van der Waals surface area contributed by atoms with Gasteiger partial charge in [0, 0.05) is 6.42 Å². The van der Waals surface area contributed by atoms with Crippen LogP contribution in [0.2, 0.25) is 0 Å². The van der Waals surface area contributed by atoms with Gasteiger partial charge in [-0.3, -0.25) is 9.59 Å². The van der Waals surface area contributed by atoms with Crippen molar-refractivity contribution in [2.75, 3.05) is 7.11 Å². The van der Waals surface area contributed by atoms with E-state index in [0.29, 0.717) is 6.42 Å². The van der Waals surface area contributed by atoms with Crippen molar-refractivity contribution in [2.24, 2.45) is 0 Å². The standard InChI is InChI=1S/C13H18O3/c1-16-13(15)11-9-7-5-3-2-4-6-8-10-12-14/h3-6,8,10,12H,2,7,9,11H2,1H3. The number of hydrogen-bond acceptors (Lipinski definition) is 3. The highest BCUT2D eigenvalue weighted by molar-refractivity contribution is 5.69. The molecule has 0 saturated carbocycles. The Morgan fingerprint density at radius 1 is 1.12 bits per heavy atom. The largest absolute Gasteiger partial charge is 0.469 e. The van der Waals surface area contributed by atoms with Gasteiger partial charge in [-0.05, 0) is 25.3 Å². The van der Waals surface area contributed by atoms with Crippen LogP contribution in [0, 0.1) is 0 Å². The SMILES string of the molecule is COC(=O)CCCC=CCC=CC=CC=O. The minimum Gasteiger partial charge on any atom is -0.469 e. The van der Waals surface area contributed by atoms with Crippen LogP contribution in [0.3, 0.4) is 0 Å². The lowest BCUT2D eigenvalue weighted by molar-refractivity contribution is -0.140. The fourth-order valence-corrected chi connectivity index (χ4v) is 1.03. The molecule has 88 valence electrons. The van der Waals surface area contributed by atoms with Gasteiger partial charge in [0.2, 0.25) is 0 Å². The number of unbranched alkanes of at least 4 members (excludes halogenated alkanes) is 1. The zero-order chi connectivity index (χ0) is 12.1. The molecule has 3 nitrogen and oxygen atoms in total. The highest BCUT2D eigenvalue weighted by Gasteiger charge is 1.96. The molecular weight excluding hydrogens is 204 g/mol. The number of ether oxygens (including phenoxy) is 1. The van der Waals surface area contributed by atoms with Crippen LogP contribution in [0.15, 0.2) is 36.5 Å². The van der Waals surface area contributed by atoms with Gasteiger partial charge in [0.15, 0.2) is 0 Å². The minimum absolute atomic E-state index is 0.160. The van der Waals surface area contributed by atoms with Gasteiger partial charge in [0.25, 0.3) is 0 Å². The third-order valence-electron chi connectivity index (χ3n) is 1.86. The van der Waals surface area contributed by atoms with E-state index in [4.69, 9.17) is 0 Å². The summed E-state index contributed by atoms with van der Waals surface area (Å²) in [6.07, 6.45) is 14.7. The second-order valence-corrected chi connectivity index (χ2v) is 3.12. The van der Waals surface area contributed by atoms with E-state index in [-0.39, 0.29) is 5.97 Å². The van der Waals surface area contributed by atoms with Gasteiger partial charge in [-0.2, -0.15) is 0 Å². The minimum atomic E-state index is -0.160. The molecule has 0 atom stereocenters. The van der Waals surface area contributed by atoms with Crippen LogP contribution >= 0.6 is 0 Å². The van der Waals surface area contributed by atoms with Crippen LogP contribution in [0.4, 0.5) is 0 Å². The van der Waals surface area contributed by atoms with Crippen molar-refractivity contribution in [3.05, 3.63) is 36.5 Å². The van der Waals surface area contributed by atoms with Crippen LogP contribution in [0.25, 0.3) is 0 Å². The smallest absolute Gasteiger partial charge is 0.305 e. The molecule has 0 aromatic carbocycles. The first-order chi connectivity index (χ1) is 7.81. The summed E-state index contributed by atoms with van der Waals surface area (Å²) in [6.45, 7) is 0. The highest BCUT2D eigenvalue weighted by atomic mass is 16.5. The molecule has 0 aliphatic heterocycles. The molecule has 0 aliphatic carbocycles. The van der Waals surface area contributed by atoms with Crippen molar-refractivity contribution >= 4 is 12.3 Å². The molecule has 0 saturated heterocycles. The summed E-state index contributed by atoms with van der Waals surface area (Å²) >= 11 is 0. The molecule has 0 amide bonds. The molecule has 0 heterocycles. The summed E-state index contributed by atoms with van der Waals surface area (Å²) in [5.41, 5.74) is 0. The van der Waals surface area contributed by atoms with Crippen LogP contribution in [-0.4, -0.2) is 19.4 Å². The lowest BCUT2D eigenvalue weighted by Gasteiger charge is -1.95. The molecule has 0 bridgehead atoms. The monoisotopic (exact) mass is 222 g/mol. The average Bonchev–Trinajstić information content (AvgIpc) is 2.31. The maximum Gasteiger partial charge on any atom is 0.305 e. The molecule has 0 aromatic heterocycles. The molecule has 0 aliphatic rings.